The van der Waals surface area contributed by atoms with Gasteiger partial charge in [-0.05, 0) is 47.3 Å². The quantitative estimate of drug-likeness (QED) is 0.679. The lowest BCUT2D eigenvalue weighted by Gasteiger charge is -2.09. The molecule has 0 radical (unpaired) electrons. The molecule has 5 heteroatoms. The van der Waals surface area contributed by atoms with Crippen LogP contribution in [0.2, 0.25) is 5.15 Å². The van der Waals surface area contributed by atoms with Crippen LogP contribution in [0.4, 0.5) is 0 Å². The Bertz CT molecular complexity index is 659. The van der Waals surface area contributed by atoms with Crippen molar-refractivity contribution in [3.8, 4) is 17.1 Å². The van der Waals surface area contributed by atoms with Gasteiger partial charge in [-0.3, -0.25) is 0 Å². The van der Waals surface area contributed by atoms with Gasteiger partial charge in [-0.15, -0.1) is 0 Å². The Morgan fingerprint density at radius 2 is 2.14 bits per heavy atom. The number of hydrogen-bond acceptors (Lipinski definition) is 3. The van der Waals surface area contributed by atoms with Gasteiger partial charge in [-0.2, -0.15) is 0 Å². The van der Waals surface area contributed by atoms with Gasteiger partial charge in [-0.25, -0.2) is 9.97 Å². The summed E-state index contributed by atoms with van der Waals surface area (Å²) in [5.41, 5.74) is 1.95. The molecular weight excluding hydrogens is 352 g/mol. The lowest BCUT2D eigenvalue weighted by Crippen LogP contribution is -1.98. The molecule has 1 fully saturated rings. The first-order valence-corrected chi connectivity index (χ1v) is 8.32. The number of nitrogens with zero attached hydrogens (tertiary/aromatic N) is 2. The van der Waals surface area contributed by atoms with Gasteiger partial charge in [-0.1, -0.05) is 30.7 Å². The smallest absolute Gasteiger partial charge is 0.161 e. The fraction of sp³-hybridized carbons (Fsp3) is 0.375. The van der Waals surface area contributed by atoms with Crippen LogP contribution in [0.15, 0.2) is 28.7 Å². The molecule has 0 aliphatic heterocycles. The number of hydrogen-bond donors (Lipinski definition) is 0. The number of benzene rings is 1. The highest BCUT2D eigenvalue weighted by molar-refractivity contribution is 9.10. The molecule has 1 heterocycles. The van der Waals surface area contributed by atoms with E-state index in [0.717, 1.165) is 27.9 Å². The topological polar surface area (TPSA) is 35.0 Å². The van der Waals surface area contributed by atoms with Gasteiger partial charge in [0.25, 0.3) is 0 Å². The van der Waals surface area contributed by atoms with E-state index in [4.69, 9.17) is 16.3 Å². The van der Waals surface area contributed by atoms with Crippen molar-refractivity contribution >= 4 is 27.5 Å². The first kappa shape index (κ1) is 14.8. The molecule has 1 aromatic heterocycles. The Hall–Kier alpha value is -1.13. The molecule has 0 amide bonds. The van der Waals surface area contributed by atoms with Crippen molar-refractivity contribution < 1.29 is 4.74 Å². The lowest BCUT2D eigenvalue weighted by molar-refractivity contribution is 0.317. The minimum atomic E-state index is 0.474. The van der Waals surface area contributed by atoms with Gasteiger partial charge in [0.05, 0.1) is 16.8 Å². The molecular formula is C16H16BrClN2O. The normalized spacial score (nSPS) is 14.2. The van der Waals surface area contributed by atoms with Crippen molar-refractivity contribution in [2.24, 2.45) is 0 Å². The van der Waals surface area contributed by atoms with Crippen molar-refractivity contribution in [2.45, 2.75) is 32.1 Å². The zero-order valence-corrected chi connectivity index (χ0v) is 14.1. The van der Waals surface area contributed by atoms with Crippen LogP contribution in [0.3, 0.4) is 0 Å². The number of halogens is 2. The average Bonchev–Trinajstić information content (AvgIpc) is 3.33. The van der Waals surface area contributed by atoms with Gasteiger partial charge in [0.15, 0.2) is 5.82 Å². The summed E-state index contributed by atoms with van der Waals surface area (Å²) in [5.74, 6) is 2.01. The summed E-state index contributed by atoms with van der Waals surface area (Å²) in [6, 6.07) is 7.85. The molecule has 0 unspecified atom stereocenters. The van der Waals surface area contributed by atoms with Crippen molar-refractivity contribution in [3.05, 3.63) is 39.6 Å². The first-order chi connectivity index (χ1) is 10.2. The van der Waals surface area contributed by atoms with Crippen molar-refractivity contribution in [2.75, 3.05) is 6.61 Å². The minimum Gasteiger partial charge on any atom is -0.494 e. The zero-order chi connectivity index (χ0) is 14.8. The van der Waals surface area contributed by atoms with E-state index in [2.05, 4.69) is 32.8 Å². The fourth-order valence-electron chi connectivity index (χ4n) is 2.14. The number of ether oxygens (including phenoxy) is 1. The monoisotopic (exact) mass is 366 g/mol. The van der Waals surface area contributed by atoms with E-state index >= 15 is 0 Å². The Kier molecular flexibility index (Phi) is 4.45. The Morgan fingerprint density at radius 1 is 1.33 bits per heavy atom. The second-order valence-electron chi connectivity index (χ2n) is 5.19. The highest BCUT2D eigenvalue weighted by Crippen LogP contribution is 2.44. The third-order valence-electron chi connectivity index (χ3n) is 3.37. The summed E-state index contributed by atoms with van der Waals surface area (Å²) in [6.07, 6.45) is 3.33. The summed E-state index contributed by atoms with van der Waals surface area (Å²) < 4.78 is 6.49. The summed E-state index contributed by atoms with van der Waals surface area (Å²) in [5, 5.41) is 0.474. The summed E-state index contributed by atoms with van der Waals surface area (Å²) >= 11 is 9.73. The fourth-order valence-corrected chi connectivity index (χ4v) is 2.82. The summed E-state index contributed by atoms with van der Waals surface area (Å²) in [7, 11) is 0. The van der Waals surface area contributed by atoms with E-state index in [-0.39, 0.29) is 0 Å². The second-order valence-corrected chi connectivity index (χ2v) is 6.34. The van der Waals surface area contributed by atoms with Crippen LogP contribution >= 0.6 is 27.5 Å². The first-order valence-electron chi connectivity index (χ1n) is 7.15. The molecule has 0 spiro atoms. The van der Waals surface area contributed by atoms with Crippen molar-refractivity contribution in [1.82, 2.24) is 9.97 Å². The van der Waals surface area contributed by atoms with E-state index in [1.807, 2.05) is 24.3 Å². The van der Waals surface area contributed by atoms with Crippen LogP contribution < -0.4 is 4.74 Å². The standard InChI is InChI=1S/C16H16BrClN2O/c1-2-8-21-12-5-3-4-11(9-12)16-19-14(10-6-7-10)13(17)15(18)20-16/h3-5,9-10H,2,6-8H2,1H3. The molecule has 0 saturated heterocycles. The van der Waals surface area contributed by atoms with E-state index in [1.165, 1.54) is 12.8 Å². The predicted molar refractivity (Wildman–Crippen MR) is 87.9 cm³/mol. The lowest BCUT2D eigenvalue weighted by atomic mass is 10.2. The van der Waals surface area contributed by atoms with Crippen LogP contribution in [-0.2, 0) is 0 Å². The Morgan fingerprint density at radius 3 is 2.86 bits per heavy atom. The predicted octanol–water partition coefficient (Wildman–Crippen LogP) is 5.23. The third-order valence-corrected chi connectivity index (χ3v) is 4.65. The molecule has 21 heavy (non-hydrogen) atoms. The van der Waals surface area contributed by atoms with E-state index < -0.39 is 0 Å². The van der Waals surface area contributed by atoms with Crippen molar-refractivity contribution in [1.29, 1.82) is 0 Å². The molecule has 0 bridgehead atoms. The van der Waals surface area contributed by atoms with E-state index in [9.17, 15) is 0 Å². The van der Waals surface area contributed by atoms with Gasteiger partial charge >= 0.3 is 0 Å². The maximum Gasteiger partial charge on any atom is 0.161 e. The van der Waals surface area contributed by atoms with E-state index in [0.29, 0.717) is 23.5 Å². The average molecular weight is 368 g/mol. The SMILES string of the molecule is CCCOc1cccc(-c2nc(Cl)c(Br)c(C3CC3)n2)c1. The zero-order valence-electron chi connectivity index (χ0n) is 11.8. The minimum absolute atomic E-state index is 0.474. The van der Waals surface area contributed by atoms with Gasteiger partial charge in [0.1, 0.15) is 10.9 Å². The molecule has 1 aliphatic carbocycles. The molecule has 0 atom stereocenters. The Labute approximate surface area is 137 Å². The van der Waals surface area contributed by atoms with Gasteiger partial charge in [0, 0.05) is 11.5 Å². The molecule has 110 valence electrons. The van der Waals surface area contributed by atoms with Crippen LogP contribution in [0.5, 0.6) is 5.75 Å². The van der Waals surface area contributed by atoms with Gasteiger partial charge < -0.3 is 4.74 Å². The highest BCUT2D eigenvalue weighted by atomic mass is 79.9. The summed E-state index contributed by atoms with van der Waals surface area (Å²) in [6.45, 7) is 2.79. The van der Waals surface area contributed by atoms with Crippen LogP contribution in [0, 0.1) is 0 Å². The molecule has 1 aliphatic rings. The molecule has 0 N–H and O–H groups in total. The highest BCUT2D eigenvalue weighted by Gasteiger charge is 2.29. The van der Waals surface area contributed by atoms with Crippen LogP contribution in [0.1, 0.15) is 37.8 Å². The molecule has 1 aromatic carbocycles. The maximum atomic E-state index is 6.23. The third kappa shape index (κ3) is 3.38. The van der Waals surface area contributed by atoms with E-state index in [1.54, 1.807) is 0 Å². The van der Waals surface area contributed by atoms with Crippen LogP contribution in [-0.4, -0.2) is 16.6 Å². The summed E-state index contributed by atoms with van der Waals surface area (Å²) in [4.78, 5) is 9.08. The molecule has 3 rings (SSSR count). The number of rotatable bonds is 5. The molecule has 2 aromatic rings. The molecule has 3 nitrogen and oxygen atoms in total. The van der Waals surface area contributed by atoms with Crippen molar-refractivity contribution in [3.63, 3.8) is 0 Å². The van der Waals surface area contributed by atoms with Gasteiger partial charge in [0.2, 0.25) is 0 Å². The second kappa shape index (κ2) is 6.32. The molecule has 1 saturated carbocycles. The largest absolute Gasteiger partial charge is 0.494 e. The van der Waals surface area contributed by atoms with Crippen LogP contribution in [0.25, 0.3) is 11.4 Å². The Balaban J connectivity index is 1.96. The number of aromatic nitrogens is 2. The maximum absolute atomic E-state index is 6.23.